The van der Waals surface area contributed by atoms with E-state index in [-0.39, 0.29) is 0 Å². The van der Waals surface area contributed by atoms with Crippen LogP contribution in [0.1, 0.15) is 0 Å². The van der Waals surface area contributed by atoms with E-state index in [1.165, 1.54) is 0 Å². The summed E-state index contributed by atoms with van der Waals surface area (Å²) in [4.78, 5) is 14.2. The van der Waals surface area contributed by atoms with Gasteiger partial charge in [0.1, 0.15) is 13.8 Å². The second-order valence-electron chi connectivity index (χ2n) is 5.16. The van der Waals surface area contributed by atoms with E-state index in [1.54, 1.807) is 0 Å². The summed E-state index contributed by atoms with van der Waals surface area (Å²) in [6.45, 7) is 2.23. The predicted molar refractivity (Wildman–Crippen MR) is 106 cm³/mol. The van der Waals surface area contributed by atoms with E-state index in [0.717, 1.165) is 29.8 Å². The van der Waals surface area contributed by atoms with E-state index >= 15 is 0 Å². The zero-order chi connectivity index (χ0) is 16.4. The summed E-state index contributed by atoms with van der Waals surface area (Å²) in [5.74, 6) is 0. The topological polar surface area (TPSA) is 38.7 Å². The van der Waals surface area contributed by atoms with Crippen LogP contribution in [0.4, 0.5) is 0 Å². The molecule has 0 amide bonds. The van der Waals surface area contributed by atoms with Crippen LogP contribution in [-0.4, -0.2) is 23.0 Å². The first-order chi connectivity index (χ1) is 11.0. The van der Waals surface area contributed by atoms with Crippen molar-refractivity contribution >= 4 is 71.8 Å². The molecule has 0 N–H and O–H groups in total. The van der Waals surface area contributed by atoms with Gasteiger partial charge >= 0.3 is 0 Å². The van der Waals surface area contributed by atoms with Gasteiger partial charge in [0.2, 0.25) is 8.07 Å². The molecule has 0 aromatic carbocycles. The van der Waals surface area contributed by atoms with E-state index in [9.17, 15) is 0 Å². The fraction of sp³-hybridized carbons (Fsp3) is 0.0625. The quantitative estimate of drug-likeness (QED) is 0.398. The van der Waals surface area contributed by atoms with Gasteiger partial charge in [-0.3, -0.25) is 0 Å². The average Bonchev–Trinajstić information content (AvgIpc) is 2.54. The fourth-order valence-corrected chi connectivity index (χ4v) is 7.08. The van der Waals surface area contributed by atoms with Crippen LogP contribution in [-0.2, 0) is 0 Å². The minimum Gasteiger partial charge on any atom is -0.250 e. The first kappa shape index (κ1) is 16.9. The van der Waals surface area contributed by atoms with Crippen LogP contribution < -0.4 is 16.0 Å². The Labute approximate surface area is 161 Å². The minimum atomic E-state index is -2.40. The lowest BCUT2D eigenvalue weighted by Gasteiger charge is -2.26. The Morgan fingerprint density at radius 3 is 1.17 bits per heavy atom. The van der Waals surface area contributed by atoms with E-state index < -0.39 is 8.07 Å². The van der Waals surface area contributed by atoms with Crippen molar-refractivity contribution in [2.24, 2.45) is 0 Å². The number of halogens is 3. The summed E-state index contributed by atoms with van der Waals surface area (Å²) in [5, 5.41) is 3.05. The average molecular weight is 514 g/mol. The molecule has 0 fully saturated rings. The second-order valence-corrected chi connectivity index (χ2v) is 11.4. The van der Waals surface area contributed by atoms with Gasteiger partial charge in [-0.2, -0.15) is 0 Å². The number of aromatic nitrogens is 3. The summed E-state index contributed by atoms with van der Waals surface area (Å²) >= 11 is 10.4. The Morgan fingerprint density at radius 1 is 0.609 bits per heavy atom. The highest BCUT2D eigenvalue weighted by molar-refractivity contribution is 9.11. The van der Waals surface area contributed by atoms with Crippen LogP contribution in [0.5, 0.6) is 0 Å². The number of hydrogen-bond acceptors (Lipinski definition) is 3. The summed E-state index contributed by atoms with van der Waals surface area (Å²) in [7, 11) is -2.40. The summed E-state index contributed by atoms with van der Waals surface area (Å²) in [6, 6.07) is 18.0. The highest BCUT2D eigenvalue weighted by atomic mass is 79.9. The molecule has 3 aromatic rings. The maximum absolute atomic E-state index is 4.73. The maximum Gasteiger partial charge on any atom is 0.212 e. The Balaban J connectivity index is 2.29. The molecule has 3 nitrogen and oxygen atoms in total. The van der Waals surface area contributed by atoms with E-state index in [4.69, 9.17) is 15.0 Å². The Hall–Kier alpha value is -0.893. The van der Waals surface area contributed by atoms with Gasteiger partial charge in [0.05, 0.1) is 0 Å². The van der Waals surface area contributed by atoms with E-state index in [0.29, 0.717) is 0 Å². The minimum absolute atomic E-state index is 0.818. The molecule has 0 aliphatic carbocycles. The Bertz CT molecular complexity index is 746. The lowest BCUT2D eigenvalue weighted by molar-refractivity contribution is 1.26. The smallest absolute Gasteiger partial charge is 0.212 e. The predicted octanol–water partition coefficient (Wildman–Crippen LogP) is 3.26. The summed E-state index contributed by atoms with van der Waals surface area (Å²) in [6.07, 6.45) is 0. The molecule has 0 atom stereocenters. The monoisotopic (exact) mass is 511 g/mol. The van der Waals surface area contributed by atoms with Crippen molar-refractivity contribution in [3.05, 3.63) is 68.4 Å². The molecule has 3 heterocycles. The maximum atomic E-state index is 4.73. The number of hydrogen-bond donors (Lipinski definition) is 0. The van der Waals surface area contributed by atoms with Gasteiger partial charge in [0.15, 0.2) is 0 Å². The first-order valence-electron chi connectivity index (χ1n) is 6.89. The molecule has 0 bridgehead atoms. The van der Waals surface area contributed by atoms with Crippen molar-refractivity contribution in [2.45, 2.75) is 6.55 Å². The molecule has 0 unspecified atom stereocenters. The van der Waals surface area contributed by atoms with Gasteiger partial charge in [-0.1, -0.05) is 24.7 Å². The van der Waals surface area contributed by atoms with Crippen LogP contribution in [0.25, 0.3) is 0 Å². The van der Waals surface area contributed by atoms with Crippen molar-refractivity contribution in [2.75, 3.05) is 0 Å². The summed E-state index contributed by atoms with van der Waals surface area (Å²) < 4.78 is 2.45. The normalized spacial score (nSPS) is 11.5. The largest absolute Gasteiger partial charge is 0.250 e. The fourth-order valence-electron chi connectivity index (χ4n) is 2.45. The van der Waals surface area contributed by atoms with Crippen molar-refractivity contribution in [3.63, 3.8) is 0 Å². The van der Waals surface area contributed by atoms with Gasteiger partial charge in [-0.25, -0.2) is 15.0 Å². The standard InChI is InChI=1S/C16H12Br3N3Si/c1-23(14-8-2-5-11(17)20-14,15-9-3-6-12(18)21-15)16-10-4-7-13(19)22-16/h2-10H,1H3. The van der Waals surface area contributed by atoms with Crippen LogP contribution in [0, 0.1) is 0 Å². The summed E-state index contributed by atoms with van der Waals surface area (Å²) in [5.41, 5.74) is 0. The number of nitrogens with zero attached hydrogens (tertiary/aromatic N) is 3. The van der Waals surface area contributed by atoms with Crippen molar-refractivity contribution < 1.29 is 0 Å². The van der Waals surface area contributed by atoms with E-state index in [2.05, 4.69) is 72.5 Å². The second kappa shape index (κ2) is 6.92. The molecule has 116 valence electrons. The molecule has 7 heteroatoms. The third-order valence-electron chi connectivity index (χ3n) is 3.68. The molecule has 23 heavy (non-hydrogen) atoms. The van der Waals surface area contributed by atoms with Gasteiger partial charge in [-0.15, -0.1) is 0 Å². The highest BCUT2D eigenvalue weighted by Crippen LogP contribution is 2.11. The van der Waals surface area contributed by atoms with Crippen LogP contribution >= 0.6 is 47.8 Å². The Kier molecular flexibility index (Phi) is 5.10. The molecule has 0 saturated heterocycles. The van der Waals surface area contributed by atoms with Gasteiger partial charge in [0, 0.05) is 16.0 Å². The highest BCUT2D eigenvalue weighted by Gasteiger charge is 2.39. The zero-order valence-electron chi connectivity index (χ0n) is 12.2. The van der Waals surface area contributed by atoms with Crippen molar-refractivity contribution in [1.29, 1.82) is 0 Å². The molecular formula is C16H12Br3N3Si. The first-order valence-corrected chi connectivity index (χ1v) is 11.8. The third-order valence-corrected chi connectivity index (χ3v) is 8.92. The van der Waals surface area contributed by atoms with Gasteiger partial charge in [-0.05, 0) is 84.2 Å². The molecule has 0 saturated carbocycles. The lowest BCUT2D eigenvalue weighted by Crippen LogP contribution is -2.67. The molecule has 3 rings (SSSR count). The molecule has 0 aliphatic heterocycles. The molecule has 0 radical (unpaired) electrons. The molecule has 0 spiro atoms. The Morgan fingerprint density at radius 2 is 0.913 bits per heavy atom. The molecule has 3 aromatic heterocycles. The number of rotatable bonds is 3. The lowest BCUT2D eigenvalue weighted by atomic mass is 10.5. The number of pyridine rings is 3. The van der Waals surface area contributed by atoms with E-state index in [1.807, 2.05) is 36.4 Å². The SMILES string of the molecule is C[Si](c1cccc(Br)n1)(c1cccc(Br)n1)c1cccc(Br)n1. The van der Waals surface area contributed by atoms with Crippen LogP contribution in [0.15, 0.2) is 68.4 Å². The van der Waals surface area contributed by atoms with Gasteiger partial charge < -0.3 is 0 Å². The third kappa shape index (κ3) is 3.47. The zero-order valence-corrected chi connectivity index (χ0v) is 17.9. The van der Waals surface area contributed by atoms with Crippen molar-refractivity contribution in [3.8, 4) is 0 Å². The molecular weight excluding hydrogens is 502 g/mol. The van der Waals surface area contributed by atoms with Crippen molar-refractivity contribution in [1.82, 2.24) is 15.0 Å². The molecule has 0 aliphatic rings. The van der Waals surface area contributed by atoms with Gasteiger partial charge in [0.25, 0.3) is 0 Å². The van der Waals surface area contributed by atoms with Crippen LogP contribution in [0.2, 0.25) is 6.55 Å². The van der Waals surface area contributed by atoms with Crippen LogP contribution in [0.3, 0.4) is 0 Å².